The number of nitrogens with one attached hydrogen (secondary N) is 1. The van der Waals surface area contributed by atoms with Crippen LogP contribution in [0.5, 0.6) is 0 Å². The molecule has 0 aliphatic carbocycles. The average Bonchev–Trinajstić information content (AvgIpc) is 2.74. The third-order valence-corrected chi connectivity index (χ3v) is 2.57. The van der Waals surface area contributed by atoms with E-state index in [2.05, 4.69) is 15.1 Å². The molecule has 0 atom stereocenters. The topological polar surface area (TPSA) is 63.6 Å². The first-order chi connectivity index (χ1) is 8.24. The molecule has 0 saturated carbocycles. The molecule has 0 fully saturated rings. The molecule has 0 bridgehead atoms. The molecule has 1 N–H and O–H groups in total. The van der Waals surface area contributed by atoms with Crippen molar-refractivity contribution in [2.24, 2.45) is 0 Å². The number of H-pyrrole nitrogens is 1. The monoisotopic (exact) mass is 226 g/mol. The molecule has 0 unspecified atom stereocenters. The Hall–Kier alpha value is -2.43. The number of aromatic nitrogens is 4. The Kier molecular flexibility index (Phi) is 2.04. The summed E-state index contributed by atoms with van der Waals surface area (Å²) < 4.78 is 1.70. The number of hydrogen-bond donors (Lipinski definition) is 1. The van der Waals surface area contributed by atoms with Crippen LogP contribution >= 0.6 is 0 Å². The van der Waals surface area contributed by atoms with Crippen LogP contribution in [0.4, 0.5) is 0 Å². The normalized spacial score (nSPS) is 10.9. The van der Waals surface area contributed by atoms with Gasteiger partial charge in [-0.05, 0) is 25.1 Å². The van der Waals surface area contributed by atoms with Crippen molar-refractivity contribution in [1.82, 2.24) is 19.7 Å². The predicted octanol–water partition coefficient (Wildman–Crippen LogP) is 1.42. The zero-order valence-corrected chi connectivity index (χ0v) is 9.21. The van der Waals surface area contributed by atoms with Gasteiger partial charge in [0.15, 0.2) is 5.82 Å². The van der Waals surface area contributed by atoms with Gasteiger partial charge in [0.1, 0.15) is 0 Å². The van der Waals surface area contributed by atoms with Crippen LogP contribution in [0.1, 0.15) is 5.69 Å². The van der Waals surface area contributed by atoms with E-state index in [1.165, 1.54) is 6.07 Å². The van der Waals surface area contributed by atoms with Gasteiger partial charge in [0, 0.05) is 23.8 Å². The van der Waals surface area contributed by atoms with Crippen LogP contribution in [-0.2, 0) is 0 Å². The Morgan fingerprint density at radius 3 is 2.88 bits per heavy atom. The third-order valence-electron chi connectivity index (χ3n) is 2.57. The fourth-order valence-electron chi connectivity index (χ4n) is 1.78. The van der Waals surface area contributed by atoms with Gasteiger partial charge in [-0.15, -0.1) is 0 Å². The minimum Gasteiger partial charge on any atom is -0.322 e. The minimum absolute atomic E-state index is 0.119. The van der Waals surface area contributed by atoms with Crippen LogP contribution in [0.25, 0.3) is 16.7 Å². The van der Waals surface area contributed by atoms with E-state index in [-0.39, 0.29) is 5.56 Å². The van der Waals surface area contributed by atoms with Crippen molar-refractivity contribution < 1.29 is 0 Å². The lowest BCUT2D eigenvalue weighted by Crippen LogP contribution is -2.05. The van der Waals surface area contributed by atoms with Gasteiger partial charge in [-0.25, -0.2) is 9.67 Å². The van der Waals surface area contributed by atoms with Crippen LogP contribution in [0.3, 0.4) is 0 Å². The molecule has 3 aromatic heterocycles. The van der Waals surface area contributed by atoms with E-state index in [9.17, 15) is 4.79 Å². The highest BCUT2D eigenvalue weighted by atomic mass is 16.1. The SMILES string of the molecule is Cc1ccn(-c2nccc3[nH]c(=O)ccc23)n1. The number of hydrogen-bond acceptors (Lipinski definition) is 3. The van der Waals surface area contributed by atoms with E-state index in [0.29, 0.717) is 5.82 Å². The van der Waals surface area contributed by atoms with Crippen LogP contribution in [0.2, 0.25) is 0 Å². The van der Waals surface area contributed by atoms with Gasteiger partial charge in [-0.2, -0.15) is 5.10 Å². The molecule has 3 heterocycles. The van der Waals surface area contributed by atoms with Gasteiger partial charge in [0.25, 0.3) is 0 Å². The molecule has 3 aromatic rings. The summed E-state index contributed by atoms with van der Waals surface area (Å²) in [5.41, 5.74) is 1.56. The molecule has 0 aliphatic heterocycles. The molecule has 0 aromatic carbocycles. The molecule has 0 saturated heterocycles. The molecule has 0 spiro atoms. The average molecular weight is 226 g/mol. The molecular weight excluding hydrogens is 216 g/mol. The van der Waals surface area contributed by atoms with Crippen molar-refractivity contribution in [1.29, 1.82) is 0 Å². The fourth-order valence-corrected chi connectivity index (χ4v) is 1.78. The first-order valence-corrected chi connectivity index (χ1v) is 5.25. The molecular formula is C12H10N4O. The summed E-state index contributed by atoms with van der Waals surface area (Å²) in [6.45, 7) is 1.92. The maximum absolute atomic E-state index is 11.2. The molecule has 0 amide bonds. The smallest absolute Gasteiger partial charge is 0.248 e. The van der Waals surface area contributed by atoms with E-state index in [4.69, 9.17) is 0 Å². The second-order valence-electron chi connectivity index (χ2n) is 3.82. The number of nitrogens with zero attached hydrogens (tertiary/aromatic N) is 3. The minimum atomic E-state index is -0.119. The molecule has 84 valence electrons. The predicted molar refractivity (Wildman–Crippen MR) is 64.2 cm³/mol. The summed E-state index contributed by atoms with van der Waals surface area (Å²) in [5.74, 6) is 0.715. The number of fused-ring (bicyclic) bond motifs is 1. The largest absolute Gasteiger partial charge is 0.322 e. The van der Waals surface area contributed by atoms with E-state index < -0.39 is 0 Å². The zero-order valence-electron chi connectivity index (χ0n) is 9.21. The number of aromatic amines is 1. The number of pyridine rings is 2. The lowest BCUT2D eigenvalue weighted by Gasteiger charge is -2.04. The maximum atomic E-state index is 11.2. The Morgan fingerprint density at radius 1 is 1.24 bits per heavy atom. The van der Waals surface area contributed by atoms with Crippen LogP contribution < -0.4 is 5.56 Å². The van der Waals surface area contributed by atoms with E-state index in [0.717, 1.165) is 16.6 Å². The van der Waals surface area contributed by atoms with Gasteiger partial charge in [0.2, 0.25) is 5.56 Å². The highest BCUT2D eigenvalue weighted by Crippen LogP contribution is 2.16. The van der Waals surface area contributed by atoms with Gasteiger partial charge < -0.3 is 4.98 Å². The summed E-state index contributed by atoms with van der Waals surface area (Å²) >= 11 is 0. The van der Waals surface area contributed by atoms with Crippen LogP contribution in [0, 0.1) is 6.92 Å². The molecule has 0 radical (unpaired) electrons. The number of rotatable bonds is 1. The Bertz CT molecular complexity index is 741. The summed E-state index contributed by atoms with van der Waals surface area (Å²) in [4.78, 5) is 18.3. The van der Waals surface area contributed by atoms with Crippen LogP contribution in [-0.4, -0.2) is 19.7 Å². The lowest BCUT2D eigenvalue weighted by molar-refractivity contribution is 0.840. The highest BCUT2D eigenvalue weighted by molar-refractivity contribution is 5.84. The van der Waals surface area contributed by atoms with Gasteiger partial charge in [0.05, 0.1) is 11.2 Å². The van der Waals surface area contributed by atoms with E-state index in [1.54, 1.807) is 23.0 Å². The maximum Gasteiger partial charge on any atom is 0.248 e. The lowest BCUT2D eigenvalue weighted by atomic mass is 10.2. The Balaban J connectivity index is 2.33. The van der Waals surface area contributed by atoms with Crippen molar-refractivity contribution in [3.05, 3.63) is 52.7 Å². The van der Waals surface area contributed by atoms with Crippen molar-refractivity contribution in [2.75, 3.05) is 0 Å². The summed E-state index contributed by atoms with van der Waals surface area (Å²) in [5, 5.41) is 5.19. The summed E-state index contributed by atoms with van der Waals surface area (Å²) in [6, 6.07) is 6.93. The molecule has 0 aliphatic rings. The standard InChI is InChI=1S/C12H10N4O/c1-8-5-7-16(15-8)12-9-2-3-11(17)14-10(9)4-6-13-12/h2-7H,1H3,(H,14,17). The third kappa shape index (κ3) is 1.61. The van der Waals surface area contributed by atoms with Crippen molar-refractivity contribution in [2.45, 2.75) is 6.92 Å². The molecule has 5 heteroatoms. The Labute approximate surface area is 96.7 Å². The Morgan fingerprint density at radius 2 is 2.12 bits per heavy atom. The van der Waals surface area contributed by atoms with E-state index in [1.807, 2.05) is 19.2 Å². The number of aryl methyl sites for hydroxylation is 1. The molecule has 3 rings (SSSR count). The second-order valence-corrected chi connectivity index (χ2v) is 3.82. The van der Waals surface area contributed by atoms with Crippen molar-refractivity contribution in [3.8, 4) is 5.82 Å². The molecule has 17 heavy (non-hydrogen) atoms. The first kappa shape index (κ1) is 9.77. The summed E-state index contributed by atoms with van der Waals surface area (Å²) in [6.07, 6.45) is 3.51. The van der Waals surface area contributed by atoms with Crippen LogP contribution in [0.15, 0.2) is 41.5 Å². The fraction of sp³-hybridized carbons (Fsp3) is 0.0833. The van der Waals surface area contributed by atoms with Gasteiger partial charge in [-0.1, -0.05) is 0 Å². The van der Waals surface area contributed by atoms with Gasteiger partial charge >= 0.3 is 0 Å². The summed E-state index contributed by atoms with van der Waals surface area (Å²) in [7, 11) is 0. The van der Waals surface area contributed by atoms with Gasteiger partial charge in [-0.3, -0.25) is 4.79 Å². The highest BCUT2D eigenvalue weighted by Gasteiger charge is 2.05. The first-order valence-electron chi connectivity index (χ1n) is 5.25. The quantitative estimate of drug-likeness (QED) is 0.682. The second kappa shape index (κ2) is 3.55. The van der Waals surface area contributed by atoms with E-state index >= 15 is 0 Å². The van der Waals surface area contributed by atoms with Crippen molar-refractivity contribution in [3.63, 3.8) is 0 Å². The van der Waals surface area contributed by atoms with Crippen molar-refractivity contribution >= 4 is 10.9 Å². The molecule has 5 nitrogen and oxygen atoms in total. The zero-order chi connectivity index (χ0) is 11.8.